The second kappa shape index (κ2) is 6.70. The summed E-state index contributed by atoms with van der Waals surface area (Å²) >= 11 is 1.15. The molecule has 2 rings (SSSR count). The molecule has 0 saturated heterocycles. The minimum atomic E-state index is -0.462. The third-order valence-corrected chi connectivity index (χ3v) is 4.80. The van der Waals surface area contributed by atoms with Crippen molar-refractivity contribution in [2.24, 2.45) is 0 Å². The number of Topliss-reactive ketones (excluding diaryl/α,β-unsaturated/α-hetero) is 1. The molecule has 0 unspecified atom stereocenters. The number of nitro benzene ring substituents is 1. The van der Waals surface area contributed by atoms with Crippen molar-refractivity contribution >= 4 is 28.7 Å². The van der Waals surface area contributed by atoms with Crippen molar-refractivity contribution in [3.05, 3.63) is 61.8 Å². The van der Waals surface area contributed by atoms with Gasteiger partial charge in [-0.1, -0.05) is 12.1 Å². The lowest BCUT2D eigenvalue weighted by Crippen LogP contribution is -2.29. The quantitative estimate of drug-likeness (QED) is 0.475. The van der Waals surface area contributed by atoms with Crippen LogP contribution in [0.1, 0.15) is 44.8 Å². The fourth-order valence-electron chi connectivity index (χ4n) is 2.11. The van der Waals surface area contributed by atoms with E-state index >= 15 is 0 Å². The molecule has 0 bridgehead atoms. The zero-order chi connectivity index (χ0) is 17.1. The summed E-state index contributed by atoms with van der Waals surface area (Å²) in [5.41, 5.74) is 0.670. The molecule has 7 heteroatoms. The van der Waals surface area contributed by atoms with Gasteiger partial charge in [-0.15, -0.1) is 11.3 Å². The SMILES string of the molecule is CC(=O)c1ccc(C(=O)N(C)[C@@H](C)c2cccc([N+](=O)[O-])c2)s1. The molecule has 0 spiro atoms. The molecule has 120 valence electrons. The molecular formula is C16H16N2O4S. The second-order valence-electron chi connectivity index (χ2n) is 5.16. The molecule has 0 N–H and O–H groups in total. The van der Waals surface area contributed by atoms with Crippen LogP contribution in [-0.4, -0.2) is 28.6 Å². The number of nitro groups is 1. The van der Waals surface area contributed by atoms with Gasteiger partial charge in [0.05, 0.1) is 20.7 Å². The Hall–Kier alpha value is -2.54. The van der Waals surface area contributed by atoms with Crippen molar-refractivity contribution in [1.82, 2.24) is 4.90 Å². The number of amides is 1. The van der Waals surface area contributed by atoms with Gasteiger partial charge in [-0.25, -0.2) is 0 Å². The Morgan fingerprint density at radius 2 is 1.87 bits per heavy atom. The second-order valence-corrected chi connectivity index (χ2v) is 6.25. The molecule has 6 nitrogen and oxygen atoms in total. The maximum Gasteiger partial charge on any atom is 0.269 e. The van der Waals surface area contributed by atoms with E-state index in [2.05, 4.69) is 0 Å². The van der Waals surface area contributed by atoms with Crippen LogP contribution in [0.4, 0.5) is 5.69 Å². The molecular weight excluding hydrogens is 316 g/mol. The first kappa shape index (κ1) is 16.8. The van der Waals surface area contributed by atoms with Gasteiger partial charge in [-0.2, -0.15) is 0 Å². The van der Waals surface area contributed by atoms with Gasteiger partial charge in [-0.05, 0) is 31.5 Å². The smallest absolute Gasteiger partial charge is 0.269 e. The highest BCUT2D eigenvalue weighted by Gasteiger charge is 2.22. The van der Waals surface area contributed by atoms with Crippen molar-refractivity contribution in [1.29, 1.82) is 0 Å². The fourth-order valence-corrected chi connectivity index (χ4v) is 3.00. The number of ketones is 1. The van der Waals surface area contributed by atoms with Crippen LogP contribution in [-0.2, 0) is 0 Å². The van der Waals surface area contributed by atoms with Crippen LogP contribution in [0, 0.1) is 10.1 Å². The van der Waals surface area contributed by atoms with E-state index in [1.807, 2.05) is 0 Å². The first-order valence-corrected chi connectivity index (χ1v) is 7.75. The maximum absolute atomic E-state index is 12.5. The lowest BCUT2D eigenvalue weighted by molar-refractivity contribution is -0.384. The normalized spacial score (nSPS) is 11.8. The van der Waals surface area contributed by atoms with Crippen molar-refractivity contribution < 1.29 is 14.5 Å². The first-order valence-electron chi connectivity index (χ1n) is 6.93. The summed E-state index contributed by atoms with van der Waals surface area (Å²) in [5, 5.41) is 10.9. The summed E-state index contributed by atoms with van der Waals surface area (Å²) in [6.45, 7) is 3.26. The van der Waals surface area contributed by atoms with E-state index in [1.165, 1.54) is 24.0 Å². The third kappa shape index (κ3) is 3.62. The monoisotopic (exact) mass is 332 g/mol. The number of benzene rings is 1. The van der Waals surface area contributed by atoms with Gasteiger partial charge in [0, 0.05) is 19.2 Å². The summed E-state index contributed by atoms with van der Waals surface area (Å²) in [4.78, 5) is 36.7. The average Bonchev–Trinajstić information content (AvgIpc) is 3.03. The van der Waals surface area contributed by atoms with Gasteiger partial charge in [0.1, 0.15) is 0 Å². The Labute approximate surface area is 137 Å². The van der Waals surface area contributed by atoms with Gasteiger partial charge >= 0.3 is 0 Å². The van der Waals surface area contributed by atoms with Crippen molar-refractivity contribution in [3.8, 4) is 0 Å². The van der Waals surface area contributed by atoms with E-state index in [0.29, 0.717) is 15.3 Å². The average molecular weight is 332 g/mol. The van der Waals surface area contributed by atoms with Gasteiger partial charge in [0.25, 0.3) is 11.6 Å². The molecule has 1 heterocycles. The summed E-state index contributed by atoms with van der Waals surface area (Å²) < 4.78 is 0. The van der Waals surface area contributed by atoms with Crippen LogP contribution >= 0.6 is 11.3 Å². The zero-order valence-electron chi connectivity index (χ0n) is 13.0. The van der Waals surface area contributed by atoms with Crippen molar-refractivity contribution in [2.75, 3.05) is 7.05 Å². The number of nitrogens with zero attached hydrogens (tertiary/aromatic N) is 2. The Morgan fingerprint density at radius 3 is 2.43 bits per heavy atom. The number of hydrogen-bond acceptors (Lipinski definition) is 5. The maximum atomic E-state index is 12.5. The predicted molar refractivity (Wildman–Crippen MR) is 87.9 cm³/mol. The Balaban J connectivity index is 2.22. The Bertz CT molecular complexity index is 769. The molecule has 1 aromatic carbocycles. The summed E-state index contributed by atoms with van der Waals surface area (Å²) in [5.74, 6) is -0.301. The number of hydrogen-bond donors (Lipinski definition) is 0. The lowest BCUT2D eigenvalue weighted by Gasteiger charge is -2.24. The van der Waals surface area contributed by atoms with Crippen LogP contribution in [0.5, 0.6) is 0 Å². The molecule has 0 saturated carbocycles. The first-order chi connectivity index (χ1) is 10.8. The molecule has 2 aromatic rings. The lowest BCUT2D eigenvalue weighted by atomic mass is 10.1. The number of non-ortho nitro benzene ring substituents is 1. The summed E-state index contributed by atoms with van der Waals surface area (Å²) in [6, 6.07) is 9.15. The van der Waals surface area contributed by atoms with Gasteiger partial charge in [0.2, 0.25) is 0 Å². The van der Waals surface area contributed by atoms with Crippen LogP contribution in [0.3, 0.4) is 0 Å². The van der Waals surface area contributed by atoms with Gasteiger partial charge < -0.3 is 4.90 Å². The van der Waals surface area contributed by atoms with E-state index in [9.17, 15) is 19.7 Å². The van der Waals surface area contributed by atoms with E-state index < -0.39 is 4.92 Å². The van der Waals surface area contributed by atoms with E-state index in [4.69, 9.17) is 0 Å². The van der Waals surface area contributed by atoms with E-state index in [0.717, 1.165) is 11.3 Å². The summed E-state index contributed by atoms with van der Waals surface area (Å²) in [6.07, 6.45) is 0. The number of rotatable bonds is 5. The molecule has 1 amide bonds. The summed E-state index contributed by atoms with van der Waals surface area (Å²) in [7, 11) is 1.64. The van der Waals surface area contributed by atoms with Crippen LogP contribution < -0.4 is 0 Å². The highest BCUT2D eigenvalue weighted by molar-refractivity contribution is 7.15. The Kier molecular flexibility index (Phi) is 4.90. The fraction of sp³-hybridized carbons (Fsp3) is 0.250. The van der Waals surface area contributed by atoms with Crippen LogP contribution in [0.15, 0.2) is 36.4 Å². The van der Waals surface area contributed by atoms with Crippen LogP contribution in [0.25, 0.3) is 0 Å². The van der Waals surface area contributed by atoms with Gasteiger partial charge in [-0.3, -0.25) is 19.7 Å². The van der Waals surface area contributed by atoms with Crippen LogP contribution in [0.2, 0.25) is 0 Å². The standard InChI is InChI=1S/C16H16N2O4S/c1-10(12-5-4-6-13(9-12)18(21)22)17(3)16(20)15-8-7-14(23-15)11(2)19/h4-10H,1-3H3/t10-/m0/s1. The molecule has 0 aliphatic rings. The van der Waals surface area contributed by atoms with Crippen molar-refractivity contribution in [2.45, 2.75) is 19.9 Å². The third-order valence-electron chi connectivity index (χ3n) is 3.63. The molecule has 0 fully saturated rings. The molecule has 1 atom stereocenters. The number of carbonyl (C=O) groups excluding carboxylic acids is 2. The molecule has 1 aromatic heterocycles. The topological polar surface area (TPSA) is 80.5 Å². The highest BCUT2D eigenvalue weighted by Crippen LogP contribution is 2.26. The Morgan fingerprint density at radius 1 is 1.22 bits per heavy atom. The minimum absolute atomic E-state index is 0.00908. The minimum Gasteiger partial charge on any atom is -0.334 e. The zero-order valence-corrected chi connectivity index (χ0v) is 13.8. The van der Waals surface area contributed by atoms with E-state index in [-0.39, 0.29) is 23.4 Å². The molecule has 0 aliphatic carbocycles. The molecule has 0 radical (unpaired) electrons. The molecule has 0 aliphatic heterocycles. The number of carbonyl (C=O) groups is 2. The largest absolute Gasteiger partial charge is 0.334 e. The van der Waals surface area contributed by atoms with Crippen molar-refractivity contribution in [3.63, 3.8) is 0 Å². The van der Waals surface area contributed by atoms with Gasteiger partial charge in [0.15, 0.2) is 5.78 Å². The predicted octanol–water partition coefficient (Wildman–Crippen LogP) is 3.69. The highest BCUT2D eigenvalue weighted by atomic mass is 32.1. The van der Waals surface area contributed by atoms with E-state index in [1.54, 1.807) is 38.2 Å². The molecule has 23 heavy (non-hydrogen) atoms. The number of thiophene rings is 1.